The second kappa shape index (κ2) is 7.02. The van der Waals surface area contributed by atoms with Crippen molar-refractivity contribution in [3.63, 3.8) is 0 Å². The summed E-state index contributed by atoms with van der Waals surface area (Å²) in [6.45, 7) is 2.08. The molecule has 0 radical (unpaired) electrons. The van der Waals surface area contributed by atoms with Gasteiger partial charge in [0.1, 0.15) is 0 Å². The molecule has 1 heterocycles. The zero-order valence-corrected chi connectivity index (χ0v) is 10.8. The predicted octanol–water partition coefficient (Wildman–Crippen LogP) is 3.59. The quantitative estimate of drug-likeness (QED) is 0.734. The van der Waals surface area contributed by atoms with Crippen LogP contribution in [0.2, 0.25) is 0 Å². The van der Waals surface area contributed by atoms with Gasteiger partial charge in [0.05, 0.1) is 11.2 Å². The van der Waals surface area contributed by atoms with E-state index in [1.807, 2.05) is 5.51 Å². The average Bonchev–Trinajstić information content (AvgIpc) is 2.96. The molecule has 1 aliphatic carbocycles. The Labute approximate surface area is 102 Å². The first kappa shape index (κ1) is 12.1. The second-order valence-corrected chi connectivity index (χ2v) is 5.52. The molecular formula is C13H22N2S. The molecule has 0 spiro atoms. The first-order chi connectivity index (χ1) is 7.95. The molecule has 1 saturated carbocycles. The van der Waals surface area contributed by atoms with Crippen LogP contribution in [-0.4, -0.2) is 11.5 Å². The SMILES string of the molecule is c1nc(CNCCCCC2CCCC2)cs1. The minimum absolute atomic E-state index is 0.937. The van der Waals surface area contributed by atoms with E-state index in [1.54, 1.807) is 11.3 Å². The Morgan fingerprint density at radius 1 is 1.31 bits per heavy atom. The Kier molecular flexibility index (Phi) is 5.29. The van der Waals surface area contributed by atoms with Gasteiger partial charge in [-0.05, 0) is 18.9 Å². The summed E-state index contributed by atoms with van der Waals surface area (Å²) in [5.74, 6) is 1.05. The number of nitrogens with one attached hydrogen (secondary N) is 1. The molecule has 0 aliphatic heterocycles. The summed E-state index contributed by atoms with van der Waals surface area (Å²) in [6.07, 6.45) is 10.1. The van der Waals surface area contributed by atoms with Gasteiger partial charge in [0, 0.05) is 11.9 Å². The van der Waals surface area contributed by atoms with Gasteiger partial charge in [-0.25, -0.2) is 4.98 Å². The molecule has 0 saturated heterocycles. The van der Waals surface area contributed by atoms with Gasteiger partial charge in [0.15, 0.2) is 0 Å². The summed E-state index contributed by atoms with van der Waals surface area (Å²) >= 11 is 1.67. The van der Waals surface area contributed by atoms with E-state index in [0.29, 0.717) is 0 Å². The van der Waals surface area contributed by atoms with Crippen LogP contribution in [0.4, 0.5) is 0 Å². The molecule has 1 aromatic rings. The number of unbranched alkanes of at least 4 members (excludes halogenated alkanes) is 1. The van der Waals surface area contributed by atoms with Crippen molar-refractivity contribution in [2.75, 3.05) is 6.54 Å². The van der Waals surface area contributed by atoms with Crippen molar-refractivity contribution >= 4 is 11.3 Å². The van der Waals surface area contributed by atoms with E-state index in [1.165, 1.54) is 50.6 Å². The summed E-state index contributed by atoms with van der Waals surface area (Å²) in [7, 11) is 0. The molecule has 16 heavy (non-hydrogen) atoms. The van der Waals surface area contributed by atoms with Crippen molar-refractivity contribution in [2.45, 2.75) is 51.5 Å². The van der Waals surface area contributed by atoms with Crippen molar-refractivity contribution in [2.24, 2.45) is 5.92 Å². The molecule has 2 nitrogen and oxygen atoms in total. The minimum atomic E-state index is 0.937. The summed E-state index contributed by atoms with van der Waals surface area (Å²) in [4.78, 5) is 4.25. The van der Waals surface area contributed by atoms with Gasteiger partial charge in [-0.1, -0.05) is 38.5 Å². The topological polar surface area (TPSA) is 24.9 Å². The first-order valence-electron chi connectivity index (χ1n) is 6.53. The van der Waals surface area contributed by atoms with Crippen LogP contribution in [0.3, 0.4) is 0 Å². The van der Waals surface area contributed by atoms with E-state index in [0.717, 1.165) is 19.0 Å². The molecule has 3 heteroatoms. The molecular weight excluding hydrogens is 216 g/mol. The van der Waals surface area contributed by atoms with Crippen LogP contribution in [0.15, 0.2) is 10.9 Å². The van der Waals surface area contributed by atoms with Crippen LogP contribution >= 0.6 is 11.3 Å². The third-order valence-corrected chi connectivity index (χ3v) is 4.12. The molecule has 0 bridgehead atoms. The molecule has 0 amide bonds. The molecule has 1 N–H and O–H groups in total. The normalized spacial score (nSPS) is 17.0. The van der Waals surface area contributed by atoms with Crippen LogP contribution in [0, 0.1) is 5.92 Å². The molecule has 0 unspecified atom stereocenters. The maximum Gasteiger partial charge on any atom is 0.0795 e. The van der Waals surface area contributed by atoms with Crippen molar-refractivity contribution in [1.29, 1.82) is 0 Å². The molecule has 1 aliphatic rings. The van der Waals surface area contributed by atoms with Gasteiger partial charge >= 0.3 is 0 Å². The summed E-state index contributed by atoms with van der Waals surface area (Å²) in [5, 5.41) is 5.57. The monoisotopic (exact) mass is 238 g/mol. The van der Waals surface area contributed by atoms with Crippen molar-refractivity contribution < 1.29 is 0 Å². The van der Waals surface area contributed by atoms with Gasteiger partial charge in [-0.2, -0.15) is 0 Å². The average molecular weight is 238 g/mol. The van der Waals surface area contributed by atoms with E-state index in [-0.39, 0.29) is 0 Å². The van der Waals surface area contributed by atoms with Gasteiger partial charge in [-0.15, -0.1) is 11.3 Å². The second-order valence-electron chi connectivity index (χ2n) is 4.80. The van der Waals surface area contributed by atoms with Crippen LogP contribution in [0.1, 0.15) is 50.6 Å². The van der Waals surface area contributed by atoms with E-state index in [2.05, 4.69) is 15.7 Å². The van der Waals surface area contributed by atoms with E-state index < -0.39 is 0 Å². The van der Waals surface area contributed by atoms with Gasteiger partial charge in [0.25, 0.3) is 0 Å². The summed E-state index contributed by atoms with van der Waals surface area (Å²) in [6, 6.07) is 0. The van der Waals surface area contributed by atoms with Gasteiger partial charge < -0.3 is 5.32 Å². The number of hydrogen-bond donors (Lipinski definition) is 1. The number of aromatic nitrogens is 1. The van der Waals surface area contributed by atoms with E-state index in [4.69, 9.17) is 0 Å². The van der Waals surface area contributed by atoms with Crippen molar-refractivity contribution in [3.05, 3.63) is 16.6 Å². The standard InChI is InChI=1S/C13H22N2S/c1-2-6-12(5-1)7-3-4-8-14-9-13-10-16-11-15-13/h10-12,14H,1-9H2. The Balaban J connectivity index is 1.43. The molecule has 0 atom stereocenters. The fourth-order valence-electron chi connectivity index (χ4n) is 2.52. The molecule has 0 aromatic carbocycles. The number of thiazole rings is 1. The molecule has 2 rings (SSSR count). The van der Waals surface area contributed by atoms with Crippen LogP contribution in [-0.2, 0) is 6.54 Å². The number of rotatable bonds is 7. The third kappa shape index (κ3) is 4.22. The zero-order chi connectivity index (χ0) is 11.1. The predicted molar refractivity (Wildman–Crippen MR) is 69.6 cm³/mol. The maximum atomic E-state index is 4.25. The lowest BCUT2D eigenvalue weighted by atomic mass is 10.0. The highest BCUT2D eigenvalue weighted by Gasteiger charge is 2.13. The van der Waals surface area contributed by atoms with E-state index >= 15 is 0 Å². The van der Waals surface area contributed by atoms with Crippen LogP contribution in [0.25, 0.3) is 0 Å². The van der Waals surface area contributed by atoms with Gasteiger partial charge in [-0.3, -0.25) is 0 Å². The fourth-order valence-corrected chi connectivity index (χ4v) is 3.08. The number of nitrogens with zero attached hydrogens (tertiary/aromatic N) is 1. The van der Waals surface area contributed by atoms with Crippen LogP contribution in [0.5, 0.6) is 0 Å². The smallest absolute Gasteiger partial charge is 0.0795 e. The largest absolute Gasteiger partial charge is 0.311 e. The fraction of sp³-hybridized carbons (Fsp3) is 0.769. The summed E-state index contributed by atoms with van der Waals surface area (Å²) < 4.78 is 0. The Hall–Kier alpha value is -0.410. The highest BCUT2D eigenvalue weighted by atomic mass is 32.1. The maximum absolute atomic E-state index is 4.25. The highest BCUT2D eigenvalue weighted by Crippen LogP contribution is 2.28. The Morgan fingerprint density at radius 2 is 2.19 bits per heavy atom. The zero-order valence-electron chi connectivity index (χ0n) is 9.95. The summed E-state index contributed by atoms with van der Waals surface area (Å²) in [5.41, 5.74) is 3.08. The molecule has 1 aromatic heterocycles. The van der Waals surface area contributed by atoms with Crippen molar-refractivity contribution in [3.8, 4) is 0 Å². The lowest BCUT2D eigenvalue weighted by molar-refractivity contribution is 0.466. The number of hydrogen-bond acceptors (Lipinski definition) is 3. The molecule has 90 valence electrons. The molecule has 1 fully saturated rings. The lowest BCUT2D eigenvalue weighted by Gasteiger charge is -2.08. The van der Waals surface area contributed by atoms with Crippen LogP contribution < -0.4 is 5.32 Å². The minimum Gasteiger partial charge on any atom is -0.311 e. The first-order valence-corrected chi connectivity index (χ1v) is 7.47. The van der Waals surface area contributed by atoms with Crippen molar-refractivity contribution in [1.82, 2.24) is 10.3 Å². The third-order valence-electron chi connectivity index (χ3n) is 3.48. The Morgan fingerprint density at radius 3 is 2.94 bits per heavy atom. The van der Waals surface area contributed by atoms with E-state index in [9.17, 15) is 0 Å². The highest BCUT2D eigenvalue weighted by molar-refractivity contribution is 7.07. The Bertz CT molecular complexity index is 265. The lowest BCUT2D eigenvalue weighted by Crippen LogP contribution is -2.15. The van der Waals surface area contributed by atoms with Gasteiger partial charge in [0.2, 0.25) is 0 Å².